The van der Waals surface area contributed by atoms with Crippen LogP contribution in [0.25, 0.3) is 5.69 Å². The second kappa shape index (κ2) is 2.23. The summed E-state index contributed by atoms with van der Waals surface area (Å²) in [6.45, 7) is 1.89. The summed E-state index contributed by atoms with van der Waals surface area (Å²) in [4.78, 5) is 3.91. The first-order chi connectivity index (χ1) is 5.38. The molecule has 11 heavy (non-hydrogen) atoms. The zero-order valence-electron chi connectivity index (χ0n) is 6.06. The molecule has 2 rings (SSSR count). The third-order valence-electron chi connectivity index (χ3n) is 1.51. The topological polar surface area (TPSA) is 43.9 Å². The highest BCUT2D eigenvalue weighted by atomic mass is 16.5. The minimum atomic E-state index is 0.864. The summed E-state index contributed by atoms with van der Waals surface area (Å²) in [6.07, 6.45) is 6.86. The maximum atomic E-state index is 4.77. The molecule has 0 aliphatic carbocycles. The lowest BCUT2D eigenvalue weighted by molar-refractivity contribution is 0.414. The highest BCUT2D eigenvalue weighted by molar-refractivity contribution is 5.31. The van der Waals surface area contributed by atoms with Crippen LogP contribution in [0.5, 0.6) is 0 Å². The van der Waals surface area contributed by atoms with Crippen molar-refractivity contribution in [3.8, 4) is 5.69 Å². The molecule has 0 radical (unpaired) electrons. The van der Waals surface area contributed by atoms with Crippen LogP contribution in [-0.4, -0.2) is 14.7 Å². The molecule has 0 unspecified atom stereocenters. The summed E-state index contributed by atoms with van der Waals surface area (Å²) in [5.41, 5.74) is 1.80. The SMILES string of the molecule is Cc1nocc1-n1ccnc1. The van der Waals surface area contributed by atoms with E-state index in [1.807, 2.05) is 17.7 Å². The first kappa shape index (κ1) is 6.15. The van der Waals surface area contributed by atoms with Gasteiger partial charge in [0.2, 0.25) is 0 Å². The van der Waals surface area contributed by atoms with E-state index in [2.05, 4.69) is 10.1 Å². The van der Waals surface area contributed by atoms with Gasteiger partial charge in [0, 0.05) is 12.4 Å². The molecule has 0 aliphatic rings. The van der Waals surface area contributed by atoms with Crippen molar-refractivity contribution in [2.75, 3.05) is 0 Å². The monoisotopic (exact) mass is 149 g/mol. The molecule has 0 aromatic carbocycles. The van der Waals surface area contributed by atoms with Gasteiger partial charge >= 0.3 is 0 Å². The molecule has 0 aliphatic heterocycles. The van der Waals surface area contributed by atoms with E-state index in [1.165, 1.54) is 0 Å². The van der Waals surface area contributed by atoms with Crippen molar-refractivity contribution >= 4 is 0 Å². The number of hydrogen-bond donors (Lipinski definition) is 0. The van der Waals surface area contributed by atoms with Gasteiger partial charge in [-0.05, 0) is 6.92 Å². The third-order valence-corrected chi connectivity index (χ3v) is 1.51. The van der Waals surface area contributed by atoms with Crippen molar-refractivity contribution in [3.05, 3.63) is 30.7 Å². The Labute approximate surface area is 63.5 Å². The smallest absolute Gasteiger partial charge is 0.148 e. The zero-order valence-corrected chi connectivity index (χ0v) is 6.06. The number of aryl methyl sites for hydroxylation is 1. The van der Waals surface area contributed by atoms with Crippen molar-refractivity contribution < 1.29 is 4.52 Å². The molecule has 0 fully saturated rings. The van der Waals surface area contributed by atoms with E-state index in [4.69, 9.17) is 4.52 Å². The minimum absolute atomic E-state index is 0.864. The molecule has 0 amide bonds. The van der Waals surface area contributed by atoms with Crippen molar-refractivity contribution in [2.45, 2.75) is 6.92 Å². The predicted molar refractivity (Wildman–Crippen MR) is 38.4 cm³/mol. The van der Waals surface area contributed by atoms with E-state index < -0.39 is 0 Å². The van der Waals surface area contributed by atoms with Crippen molar-refractivity contribution in [3.63, 3.8) is 0 Å². The van der Waals surface area contributed by atoms with Gasteiger partial charge in [0.05, 0.1) is 6.33 Å². The molecule has 2 heterocycles. The first-order valence-corrected chi connectivity index (χ1v) is 3.27. The van der Waals surface area contributed by atoms with Crippen LogP contribution in [0.3, 0.4) is 0 Å². The summed E-state index contributed by atoms with van der Waals surface area (Å²) < 4.78 is 6.62. The molecule has 2 aromatic rings. The zero-order chi connectivity index (χ0) is 7.68. The van der Waals surface area contributed by atoms with Crippen LogP contribution in [0.15, 0.2) is 29.5 Å². The fourth-order valence-electron chi connectivity index (χ4n) is 0.937. The summed E-state index contributed by atoms with van der Waals surface area (Å²) in [5, 5.41) is 3.75. The van der Waals surface area contributed by atoms with Gasteiger partial charge < -0.3 is 9.09 Å². The Bertz CT molecular complexity index is 336. The predicted octanol–water partition coefficient (Wildman–Crippen LogP) is 1.17. The average molecular weight is 149 g/mol. The summed E-state index contributed by atoms with van der Waals surface area (Å²) in [6, 6.07) is 0. The molecule has 2 aromatic heterocycles. The average Bonchev–Trinajstić information content (AvgIpc) is 2.55. The minimum Gasteiger partial charge on any atom is -0.362 e. The maximum Gasteiger partial charge on any atom is 0.148 e. The molecule has 56 valence electrons. The number of aromatic nitrogens is 3. The van der Waals surface area contributed by atoms with Crippen molar-refractivity contribution in [2.24, 2.45) is 0 Å². The van der Waals surface area contributed by atoms with Crippen LogP contribution in [0.4, 0.5) is 0 Å². The van der Waals surface area contributed by atoms with Gasteiger partial charge in [0.1, 0.15) is 17.6 Å². The van der Waals surface area contributed by atoms with E-state index in [1.54, 1.807) is 18.8 Å². The molecular weight excluding hydrogens is 142 g/mol. The second-order valence-corrected chi connectivity index (χ2v) is 2.26. The van der Waals surface area contributed by atoms with Gasteiger partial charge in [-0.2, -0.15) is 0 Å². The quantitative estimate of drug-likeness (QED) is 0.611. The Morgan fingerprint density at radius 2 is 2.45 bits per heavy atom. The molecule has 0 saturated heterocycles. The largest absolute Gasteiger partial charge is 0.362 e. The Balaban J connectivity index is 2.53. The number of hydrogen-bond acceptors (Lipinski definition) is 3. The summed E-state index contributed by atoms with van der Waals surface area (Å²) in [7, 11) is 0. The first-order valence-electron chi connectivity index (χ1n) is 3.27. The molecule has 0 N–H and O–H groups in total. The lowest BCUT2D eigenvalue weighted by Gasteiger charge is -1.94. The Kier molecular flexibility index (Phi) is 1.25. The van der Waals surface area contributed by atoms with Gasteiger partial charge in [-0.1, -0.05) is 5.16 Å². The normalized spacial score (nSPS) is 10.3. The number of nitrogens with zero attached hydrogens (tertiary/aromatic N) is 3. The van der Waals surface area contributed by atoms with Crippen LogP contribution >= 0.6 is 0 Å². The lowest BCUT2D eigenvalue weighted by Crippen LogP contribution is -1.89. The van der Waals surface area contributed by atoms with Crippen LogP contribution < -0.4 is 0 Å². The van der Waals surface area contributed by atoms with E-state index >= 15 is 0 Å². The molecule has 4 nitrogen and oxygen atoms in total. The Hall–Kier alpha value is -1.58. The Morgan fingerprint density at radius 1 is 1.55 bits per heavy atom. The van der Waals surface area contributed by atoms with Crippen LogP contribution in [0.1, 0.15) is 5.69 Å². The fourth-order valence-corrected chi connectivity index (χ4v) is 0.937. The summed E-state index contributed by atoms with van der Waals surface area (Å²) in [5.74, 6) is 0. The molecule has 4 heteroatoms. The van der Waals surface area contributed by atoms with E-state index in [-0.39, 0.29) is 0 Å². The molecule has 0 atom stereocenters. The van der Waals surface area contributed by atoms with E-state index in [9.17, 15) is 0 Å². The number of rotatable bonds is 1. The molecule has 0 spiro atoms. The maximum absolute atomic E-state index is 4.77. The van der Waals surface area contributed by atoms with Gasteiger partial charge in [0.15, 0.2) is 0 Å². The third kappa shape index (κ3) is 0.920. The fraction of sp³-hybridized carbons (Fsp3) is 0.143. The van der Waals surface area contributed by atoms with Crippen LogP contribution in [-0.2, 0) is 0 Å². The van der Waals surface area contributed by atoms with Crippen LogP contribution in [0.2, 0.25) is 0 Å². The van der Waals surface area contributed by atoms with Crippen LogP contribution in [0, 0.1) is 6.92 Å². The van der Waals surface area contributed by atoms with E-state index in [0.29, 0.717) is 0 Å². The highest BCUT2D eigenvalue weighted by Crippen LogP contribution is 2.09. The van der Waals surface area contributed by atoms with Gasteiger partial charge in [0.25, 0.3) is 0 Å². The van der Waals surface area contributed by atoms with E-state index in [0.717, 1.165) is 11.4 Å². The second-order valence-electron chi connectivity index (χ2n) is 2.26. The van der Waals surface area contributed by atoms with Gasteiger partial charge in [-0.15, -0.1) is 0 Å². The number of imidazole rings is 1. The highest BCUT2D eigenvalue weighted by Gasteiger charge is 2.02. The van der Waals surface area contributed by atoms with Gasteiger partial charge in [-0.25, -0.2) is 4.98 Å². The molecule has 0 saturated carbocycles. The molecular formula is C7H7N3O. The van der Waals surface area contributed by atoms with Crippen molar-refractivity contribution in [1.29, 1.82) is 0 Å². The lowest BCUT2D eigenvalue weighted by atomic mass is 10.4. The standard InChI is InChI=1S/C7H7N3O/c1-6-7(4-11-9-6)10-3-2-8-5-10/h2-5H,1H3. The Morgan fingerprint density at radius 3 is 3.00 bits per heavy atom. The molecule has 0 bridgehead atoms. The van der Waals surface area contributed by atoms with Gasteiger partial charge in [-0.3, -0.25) is 0 Å². The summed E-state index contributed by atoms with van der Waals surface area (Å²) >= 11 is 0. The van der Waals surface area contributed by atoms with Crippen molar-refractivity contribution in [1.82, 2.24) is 14.7 Å².